The maximum Gasteiger partial charge on any atom is 0.488 e. The Morgan fingerprint density at radius 2 is 1.50 bits per heavy atom. The largest absolute Gasteiger partial charge is 0.488 e. The van der Waals surface area contributed by atoms with Crippen LogP contribution < -0.4 is 5.46 Å². The summed E-state index contributed by atoms with van der Waals surface area (Å²) in [5.41, 5.74) is 1.76. The second-order valence-electron chi connectivity index (χ2n) is 5.01. The number of hydrogen-bond donors (Lipinski definition) is 2. The van der Waals surface area contributed by atoms with Gasteiger partial charge >= 0.3 is 7.12 Å². The van der Waals surface area contributed by atoms with E-state index in [0.717, 1.165) is 22.6 Å². The zero-order valence-corrected chi connectivity index (χ0v) is 11.1. The number of fused-ring (bicyclic) bond motifs is 2. The summed E-state index contributed by atoms with van der Waals surface area (Å²) in [5.74, 6) is 0. The Bertz CT molecular complexity index is 793. The van der Waals surface area contributed by atoms with Crippen molar-refractivity contribution in [3.05, 3.63) is 66.7 Å². The van der Waals surface area contributed by atoms with Crippen molar-refractivity contribution in [2.75, 3.05) is 0 Å². The lowest BCUT2D eigenvalue weighted by atomic mass is 9.79. The highest BCUT2D eigenvalue weighted by Crippen LogP contribution is 2.23. The molecule has 0 heterocycles. The highest BCUT2D eigenvalue weighted by atomic mass is 16.4. The fourth-order valence-corrected chi connectivity index (χ4v) is 2.52. The van der Waals surface area contributed by atoms with Crippen LogP contribution in [0.5, 0.6) is 0 Å². The molecule has 0 bridgehead atoms. The molecule has 0 aromatic heterocycles. The van der Waals surface area contributed by atoms with Crippen molar-refractivity contribution in [2.24, 2.45) is 0 Å². The van der Waals surface area contributed by atoms with Crippen LogP contribution in [0.3, 0.4) is 0 Å². The van der Waals surface area contributed by atoms with Crippen LogP contribution in [0, 0.1) is 0 Å². The van der Waals surface area contributed by atoms with E-state index in [4.69, 9.17) is 0 Å². The third-order valence-corrected chi connectivity index (χ3v) is 3.56. The summed E-state index contributed by atoms with van der Waals surface area (Å²) in [5, 5.41) is 22.9. The summed E-state index contributed by atoms with van der Waals surface area (Å²) in [4.78, 5) is 0. The smallest absolute Gasteiger partial charge is 0.423 e. The molecule has 0 saturated carbocycles. The molecule has 0 unspecified atom stereocenters. The van der Waals surface area contributed by atoms with E-state index in [1.807, 2.05) is 18.2 Å². The third-order valence-electron chi connectivity index (χ3n) is 3.56. The van der Waals surface area contributed by atoms with Crippen molar-refractivity contribution in [3.8, 4) is 0 Å². The maximum absolute atomic E-state index is 9.24. The van der Waals surface area contributed by atoms with Gasteiger partial charge in [0.1, 0.15) is 0 Å². The van der Waals surface area contributed by atoms with Gasteiger partial charge in [0.15, 0.2) is 0 Å². The summed E-state index contributed by atoms with van der Waals surface area (Å²) in [6, 6.07) is 16.0. The molecule has 0 atom stereocenters. The van der Waals surface area contributed by atoms with Crippen molar-refractivity contribution in [2.45, 2.75) is 6.42 Å². The van der Waals surface area contributed by atoms with Gasteiger partial charge in [0.2, 0.25) is 0 Å². The third kappa shape index (κ3) is 2.33. The highest BCUT2D eigenvalue weighted by Gasteiger charge is 2.11. The van der Waals surface area contributed by atoms with Gasteiger partial charge in [0.25, 0.3) is 0 Å². The van der Waals surface area contributed by atoms with E-state index in [0.29, 0.717) is 5.46 Å². The molecule has 3 aromatic carbocycles. The summed E-state index contributed by atoms with van der Waals surface area (Å²) in [7, 11) is -1.43. The lowest BCUT2D eigenvalue weighted by molar-refractivity contribution is 0.426. The van der Waals surface area contributed by atoms with E-state index in [9.17, 15) is 10.0 Å². The number of hydrogen-bond acceptors (Lipinski definition) is 2. The quantitative estimate of drug-likeness (QED) is 0.432. The standard InChI is InChI=1S/C17H15BO2/c1-2-3-12-4-5-13-10-16-11-17(18(19)20)7-6-14(16)9-15(13)8-12/h2,4-11,19-20H,1,3H2. The SMILES string of the molecule is C=CCc1ccc2cc3cc(B(O)O)ccc3cc2c1. The van der Waals surface area contributed by atoms with Crippen molar-refractivity contribution < 1.29 is 10.0 Å². The van der Waals surface area contributed by atoms with Crippen LogP contribution in [0.1, 0.15) is 5.56 Å². The van der Waals surface area contributed by atoms with Crippen LogP contribution in [-0.4, -0.2) is 17.2 Å². The predicted octanol–water partition coefficient (Wildman–Crippen LogP) is 2.40. The van der Waals surface area contributed by atoms with Gasteiger partial charge in [-0.3, -0.25) is 0 Å². The van der Waals surface area contributed by atoms with Gasteiger partial charge in [0, 0.05) is 0 Å². The van der Waals surface area contributed by atoms with Gasteiger partial charge in [-0.2, -0.15) is 0 Å². The van der Waals surface area contributed by atoms with E-state index in [2.05, 4.69) is 36.9 Å². The fourth-order valence-electron chi connectivity index (χ4n) is 2.52. The molecule has 0 radical (unpaired) electrons. The normalized spacial score (nSPS) is 10.9. The molecule has 0 fully saturated rings. The molecule has 0 aliphatic heterocycles. The van der Waals surface area contributed by atoms with Crippen LogP contribution in [0.25, 0.3) is 21.5 Å². The lowest BCUT2D eigenvalue weighted by Crippen LogP contribution is -2.29. The molecule has 3 heteroatoms. The first-order valence-electron chi connectivity index (χ1n) is 6.61. The van der Waals surface area contributed by atoms with Crippen LogP contribution in [0.15, 0.2) is 61.2 Å². The first-order valence-corrected chi connectivity index (χ1v) is 6.61. The number of benzene rings is 3. The van der Waals surface area contributed by atoms with Gasteiger partial charge < -0.3 is 10.0 Å². The maximum atomic E-state index is 9.24. The zero-order chi connectivity index (χ0) is 14.1. The molecular weight excluding hydrogens is 247 g/mol. The van der Waals surface area contributed by atoms with Gasteiger partial charge in [-0.25, -0.2) is 0 Å². The average molecular weight is 262 g/mol. The average Bonchev–Trinajstić information content (AvgIpc) is 2.44. The zero-order valence-electron chi connectivity index (χ0n) is 11.1. The molecule has 3 aromatic rings. The van der Waals surface area contributed by atoms with E-state index in [1.54, 1.807) is 6.07 Å². The van der Waals surface area contributed by atoms with Gasteiger partial charge in [-0.1, -0.05) is 42.5 Å². The molecule has 0 saturated heterocycles. The van der Waals surface area contributed by atoms with Crippen molar-refractivity contribution in [1.29, 1.82) is 0 Å². The van der Waals surface area contributed by atoms with E-state index < -0.39 is 7.12 Å². The first kappa shape index (κ1) is 12.9. The molecule has 20 heavy (non-hydrogen) atoms. The van der Waals surface area contributed by atoms with Gasteiger partial charge in [-0.05, 0) is 51.1 Å². The molecule has 2 nitrogen and oxygen atoms in total. The molecule has 3 rings (SSSR count). The Balaban J connectivity index is 2.19. The molecular formula is C17H15BO2. The van der Waals surface area contributed by atoms with Gasteiger partial charge in [0.05, 0.1) is 0 Å². The summed E-state index contributed by atoms with van der Waals surface area (Å²) < 4.78 is 0. The molecule has 2 N–H and O–H groups in total. The highest BCUT2D eigenvalue weighted by molar-refractivity contribution is 6.58. The molecule has 98 valence electrons. The fraction of sp³-hybridized carbons (Fsp3) is 0.0588. The minimum atomic E-state index is -1.43. The van der Waals surface area contributed by atoms with Crippen LogP contribution >= 0.6 is 0 Å². The summed E-state index contributed by atoms with van der Waals surface area (Å²) >= 11 is 0. The molecule has 0 amide bonds. The van der Waals surface area contributed by atoms with Gasteiger partial charge in [-0.15, -0.1) is 6.58 Å². The second-order valence-corrected chi connectivity index (χ2v) is 5.01. The van der Waals surface area contributed by atoms with Crippen molar-refractivity contribution in [3.63, 3.8) is 0 Å². The van der Waals surface area contributed by atoms with Crippen molar-refractivity contribution >= 4 is 34.1 Å². The Morgan fingerprint density at radius 1 is 0.850 bits per heavy atom. The first-order chi connectivity index (χ1) is 9.67. The Morgan fingerprint density at radius 3 is 2.15 bits per heavy atom. The topological polar surface area (TPSA) is 40.5 Å². The Labute approximate surface area is 118 Å². The summed E-state index contributed by atoms with van der Waals surface area (Å²) in [6.45, 7) is 3.76. The minimum Gasteiger partial charge on any atom is -0.423 e. The second kappa shape index (κ2) is 5.12. The number of rotatable bonds is 3. The summed E-state index contributed by atoms with van der Waals surface area (Å²) in [6.07, 6.45) is 2.76. The Hall–Kier alpha value is -2.10. The van der Waals surface area contributed by atoms with Crippen LogP contribution in [-0.2, 0) is 6.42 Å². The number of allylic oxidation sites excluding steroid dienone is 1. The van der Waals surface area contributed by atoms with E-state index in [-0.39, 0.29) is 0 Å². The molecule has 0 spiro atoms. The lowest BCUT2D eigenvalue weighted by Gasteiger charge is -2.06. The van der Waals surface area contributed by atoms with Crippen LogP contribution in [0.4, 0.5) is 0 Å². The van der Waals surface area contributed by atoms with E-state index in [1.165, 1.54) is 10.9 Å². The van der Waals surface area contributed by atoms with Crippen LogP contribution in [0.2, 0.25) is 0 Å². The minimum absolute atomic E-state index is 0.514. The Kier molecular flexibility index (Phi) is 3.31. The predicted molar refractivity (Wildman–Crippen MR) is 85.2 cm³/mol. The molecule has 0 aliphatic rings. The monoisotopic (exact) mass is 262 g/mol. The molecule has 0 aliphatic carbocycles. The van der Waals surface area contributed by atoms with E-state index >= 15 is 0 Å². The van der Waals surface area contributed by atoms with Crippen molar-refractivity contribution in [1.82, 2.24) is 0 Å².